The maximum Gasteiger partial charge on any atom is 0.333 e. The van der Waals surface area contributed by atoms with Crippen LogP contribution in [-0.4, -0.2) is 45.0 Å². The van der Waals surface area contributed by atoms with Gasteiger partial charge in [0.25, 0.3) is 11.5 Å². The van der Waals surface area contributed by atoms with E-state index in [9.17, 15) is 18.4 Å². The number of alkyl halides is 2. The van der Waals surface area contributed by atoms with Crippen molar-refractivity contribution in [2.45, 2.75) is 39.7 Å². The molecule has 0 N–H and O–H groups in total. The molecule has 0 bridgehead atoms. The van der Waals surface area contributed by atoms with Gasteiger partial charge in [-0.3, -0.25) is 19.1 Å². The lowest BCUT2D eigenvalue weighted by Gasteiger charge is -2.16. The Kier molecular flexibility index (Phi) is 9.69. The number of aryl methyl sites for hydroxylation is 1. The normalized spacial score (nSPS) is 13.1. The molecule has 1 aromatic carbocycles. The summed E-state index contributed by atoms with van der Waals surface area (Å²) in [6.07, 6.45) is 7.54. The van der Waals surface area contributed by atoms with Gasteiger partial charge in [0.1, 0.15) is 10.8 Å². The number of halogens is 4. The van der Waals surface area contributed by atoms with Crippen molar-refractivity contribution in [2.24, 2.45) is 4.99 Å². The highest BCUT2D eigenvalue weighted by atomic mass is 35.5. The van der Waals surface area contributed by atoms with Gasteiger partial charge in [0.2, 0.25) is 0 Å². The van der Waals surface area contributed by atoms with Gasteiger partial charge in [0.15, 0.2) is 0 Å². The van der Waals surface area contributed by atoms with E-state index < -0.39 is 23.8 Å². The van der Waals surface area contributed by atoms with E-state index in [0.29, 0.717) is 28.1 Å². The second-order valence-electron chi connectivity index (χ2n) is 9.08. The number of aliphatic imine (C=N–C) groups is 1. The summed E-state index contributed by atoms with van der Waals surface area (Å²) in [7, 11) is 3.06. The average Bonchev–Trinajstić information content (AvgIpc) is 3.36. The molecule has 1 amide bonds. The van der Waals surface area contributed by atoms with Gasteiger partial charge < -0.3 is 4.90 Å². The molecule has 11 heteroatoms. The molecular weight excluding hydrogens is 531 g/mol. The molecule has 2 aromatic heterocycles. The van der Waals surface area contributed by atoms with Crippen LogP contribution in [0.2, 0.25) is 5.02 Å². The molecule has 0 fully saturated rings. The van der Waals surface area contributed by atoms with Gasteiger partial charge >= 0.3 is 6.55 Å². The fourth-order valence-corrected chi connectivity index (χ4v) is 4.28. The SMILES string of the molecule is C/C=C/N=C(/C=C/n1c(C)cc(C(C)Cc2ccn(C(F)F)n2)c(Cl)c1=O)c1cccc(C(=O)N(C)C)c1F. The zero-order valence-corrected chi connectivity index (χ0v) is 23.0. The first kappa shape index (κ1) is 29.6. The van der Waals surface area contributed by atoms with Gasteiger partial charge in [-0.05, 0) is 62.1 Å². The number of rotatable bonds is 9. The Morgan fingerprint density at radius 2 is 1.92 bits per heavy atom. The van der Waals surface area contributed by atoms with Crippen LogP contribution in [0.15, 0.2) is 64.7 Å². The Hall–Kier alpha value is -3.92. The fourth-order valence-electron chi connectivity index (χ4n) is 3.95. The number of carbonyl (C=O) groups is 1. The van der Waals surface area contributed by atoms with Crippen molar-refractivity contribution in [1.82, 2.24) is 19.2 Å². The number of pyridine rings is 1. The summed E-state index contributed by atoms with van der Waals surface area (Å²) in [6.45, 7) is 2.55. The average molecular weight is 560 g/mol. The fraction of sp³-hybridized carbons (Fsp3) is 0.286. The number of hydrogen-bond donors (Lipinski definition) is 0. The molecule has 3 rings (SSSR count). The van der Waals surface area contributed by atoms with E-state index in [1.807, 2.05) is 6.92 Å². The van der Waals surface area contributed by atoms with Crippen LogP contribution in [0.4, 0.5) is 13.2 Å². The lowest BCUT2D eigenvalue weighted by atomic mass is 9.96. The molecule has 0 saturated heterocycles. The van der Waals surface area contributed by atoms with Crippen LogP contribution in [0, 0.1) is 12.7 Å². The summed E-state index contributed by atoms with van der Waals surface area (Å²) in [6, 6.07) is 7.69. The van der Waals surface area contributed by atoms with Crippen LogP contribution in [-0.2, 0) is 6.42 Å². The highest BCUT2D eigenvalue weighted by Gasteiger charge is 2.20. The molecule has 0 aliphatic rings. The molecular formula is C28H29ClF3N5O2. The third-order valence-electron chi connectivity index (χ3n) is 5.97. The van der Waals surface area contributed by atoms with Crippen molar-refractivity contribution in [1.29, 1.82) is 0 Å². The molecule has 1 atom stereocenters. The molecule has 0 spiro atoms. The van der Waals surface area contributed by atoms with Crippen molar-refractivity contribution in [3.63, 3.8) is 0 Å². The smallest absolute Gasteiger partial charge is 0.333 e. The number of carbonyl (C=O) groups excluding carboxylic acids is 1. The zero-order valence-electron chi connectivity index (χ0n) is 22.2. The molecule has 0 aliphatic carbocycles. The minimum atomic E-state index is -2.73. The topological polar surface area (TPSA) is 72.5 Å². The quantitative estimate of drug-likeness (QED) is 0.298. The second-order valence-corrected chi connectivity index (χ2v) is 9.46. The molecule has 206 valence electrons. The summed E-state index contributed by atoms with van der Waals surface area (Å²) in [5, 5.41) is 3.83. The first-order valence-electron chi connectivity index (χ1n) is 12.1. The van der Waals surface area contributed by atoms with Crippen molar-refractivity contribution >= 4 is 29.4 Å². The lowest BCUT2D eigenvalue weighted by molar-refractivity contribution is 0.0561. The number of allylic oxidation sites excluding steroid dienone is 2. The predicted octanol–water partition coefficient (Wildman–Crippen LogP) is 6.08. The molecule has 39 heavy (non-hydrogen) atoms. The van der Waals surface area contributed by atoms with Crippen molar-refractivity contribution in [2.75, 3.05) is 14.1 Å². The third kappa shape index (κ3) is 6.75. The highest BCUT2D eigenvalue weighted by molar-refractivity contribution is 6.31. The molecule has 0 aliphatic heterocycles. The first-order chi connectivity index (χ1) is 18.5. The van der Waals surface area contributed by atoms with Crippen molar-refractivity contribution in [3.8, 4) is 0 Å². The Labute approximate surface area is 229 Å². The number of aromatic nitrogens is 3. The van der Waals surface area contributed by atoms with Gasteiger partial charge in [-0.25, -0.2) is 9.07 Å². The summed E-state index contributed by atoms with van der Waals surface area (Å²) < 4.78 is 42.9. The van der Waals surface area contributed by atoms with Gasteiger partial charge in [-0.2, -0.15) is 13.9 Å². The summed E-state index contributed by atoms with van der Waals surface area (Å²) >= 11 is 6.46. The van der Waals surface area contributed by atoms with Gasteiger partial charge in [0.05, 0.1) is 17.0 Å². The van der Waals surface area contributed by atoms with E-state index in [1.165, 1.54) is 66.4 Å². The Morgan fingerprint density at radius 1 is 1.23 bits per heavy atom. The number of hydrogen-bond acceptors (Lipinski definition) is 4. The second kappa shape index (κ2) is 12.8. The monoisotopic (exact) mass is 559 g/mol. The van der Waals surface area contributed by atoms with Gasteiger partial charge in [-0.15, -0.1) is 0 Å². The molecule has 1 unspecified atom stereocenters. The summed E-state index contributed by atoms with van der Waals surface area (Å²) in [5.41, 5.74) is 1.21. The minimum Gasteiger partial charge on any atom is -0.345 e. The largest absolute Gasteiger partial charge is 0.345 e. The van der Waals surface area contributed by atoms with E-state index >= 15 is 4.39 Å². The summed E-state index contributed by atoms with van der Waals surface area (Å²) in [5.74, 6) is -1.50. The van der Waals surface area contributed by atoms with E-state index in [1.54, 1.807) is 32.1 Å². The van der Waals surface area contributed by atoms with E-state index in [2.05, 4.69) is 10.1 Å². The van der Waals surface area contributed by atoms with E-state index in [-0.39, 0.29) is 27.8 Å². The maximum absolute atomic E-state index is 15.4. The number of nitrogens with zero attached hydrogens (tertiary/aromatic N) is 5. The highest BCUT2D eigenvalue weighted by Crippen LogP contribution is 2.26. The Balaban J connectivity index is 1.98. The van der Waals surface area contributed by atoms with Gasteiger partial charge in [0, 0.05) is 43.9 Å². The van der Waals surface area contributed by atoms with Gasteiger partial charge in [-0.1, -0.05) is 30.7 Å². The summed E-state index contributed by atoms with van der Waals surface area (Å²) in [4.78, 5) is 31.2. The van der Waals surface area contributed by atoms with Crippen LogP contribution in [0.25, 0.3) is 6.20 Å². The van der Waals surface area contributed by atoms with Crippen LogP contribution in [0.1, 0.15) is 59.2 Å². The van der Waals surface area contributed by atoms with Crippen LogP contribution in [0.3, 0.4) is 0 Å². The Bertz CT molecular complexity index is 1510. The van der Waals surface area contributed by atoms with Crippen LogP contribution >= 0.6 is 11.6 Å². The predicted molar refractivity (Wildman–Crippen MR) is 147 cm³/mol. The standard InChI is InChI=1S/C28H29ClF3N5O2/c1-6-12-33-23(20-8-7-9-21(25(20)30)26(38)35(4)5)11-13-36-18(3)16-22(24(29)27(36)39)17(2)15-19-10-14-37(34-19)28(31)32/h6-14,16-17,28H,15H2,1-5H3/b12-6+,13-11+,33-23-. The lowest BCUT2D eigenvalue weighted by Crippen LogP contribution is -2.23. The van der Waals surface area contributed by atoms with Crippen molar-refractivity contribution in [3.05, 3.63) is 104 Å². The molecule has 7 nitrogen and oxygen atoms in total. The first-order valence-corrected chi connectivity index (χ1v) is 12.4. The third-order valence-corrected chi connectivity index (χ3v) is 6.35. The molecule has 3 aromatic rings. The van der Waals surface area contributed by atoms with Crippen molar-refractivity contribution < 1.29 is 18.0 Å². The van der Waals surface area contributed by atoms with Crippen LogP contribution < -0.4 is 5.56 Å². The maximum atomic E-state index is 15.4. The molecule has 0 saturated carbocycles. The molecule has 0 radical (unpaired) electrons. The van der Waals surface area contributed by atoms with E-state index in [4.69, 9.17) is 11.6 Å². The number of benzene rings is 1. The minimum absolute atomic E-state index is 0.0252. The zero-order chi connectivity index (χ0) is 28.9. The van der Waals surface area contributed by atoms with E-state index in [0.717, 1.165) is 0 Å². The number of amides is 1. The molecule has 2 heterocycles. The van der Waals surface area contributed by atoms with Crippen LogP contribution in [0.5, 0.6) is 0 Å². The Morgan fingerprint density at radius 3 is 2.54 bits per heavy atom.